The molecule has 190 valence electrons. The van der Waals surface area contributed by atoms with Gasteiger partial charge in [0.2, 0.25) is 21.8 Å². The number of nitrogens with one attached hydrogen (secondary N) is 1. The van der Waals surface area contributed by atoms with Crippen LogP contribution in [0.4, 0.5) is 5.69 Å². The summed E-state index contributed by atoms with van der Waals surface area (Å²) in [4.78, 5) is 28.1. The molecular formula is C25H31Cl2N3O4S. The van der Waals surface area contributed by atoms with Crippen LogP contribution >= 0.6 is 23.2 Å². The Morgan fingerprint density at radius 3 is 2.26 bits per heavy atom. The summed E-state index contributed by atoms with van der Waals surface area (Å²) >= 11 is 12.3. The topological polar surface area (TPSA) is 86.8 Å². The first kappa shape index (κ1) is 27.3. The van der Waals surface area contributed by atoms with E-state index < -0.39 is 28.5 Å². The van der Waals surface area contributed by atoms with E-state index in [2.05, 4.69) is 5.32 Å². The van der Waals surface area contributed by atoms with Crippen LogP contribution in [0, 0.1) is 0 Å². The first-order valence-corrected chi connectivity index (χ1v) is 14.2. The van der Waals surface area contributed by atoms with Gasteiger partial charge in [-0.2, -0.15) is 0 Å². The van der Waals surface area contributed by atoms with Crippen molar-refractivity contribution < 1.29 is 18.0 Å². The molecule has 3 rings (SSSR count). The van der Waals surface area contributed by atoms with E-state index in [0.717, 1.165) is 42.7 Å². The molecule has 0 heterocycles. The van der Waals surface area contributed by atoms with Gasteiger partial charge >= 0.3 is 0 Å². The van der Waals surface area contributed by atoms with Gasteiger partial charge in [0.1, 0.15) is 12.6 Å². The molecule has 2 aromatic rings. The van der Waals surface area contributed by atoms with Crippen molar-refractivity contribution in [2.45, 2.75) is 57.7 Å². The van der Waals surface area contributed by atoms with Crippen LogP contribution in [-0.2, 0) is 26.2 Å². The first-order chi connectivity index (χ1) is 16.6. The van der Waals surface area contributed by atoms with Gasteiger partial charge in [-0.15, -0.1) is 0 Å². The third-order valence-electron chi connectivity index (χ3n) is 6.21. The molecule has 1 atom stereocenters. The SMILES string of the molecule is CC(C(=O)NC1CCCCC1)N(Cc1ccccc1Cl)C(=O)CN(c1ccc(Cl)cc1)S(C)(=O)=O. The lowest BCUT2D eigenvalue weighted by atomic mass is 9.95. The summed E-state index contributed by atoms with van der Waals surface area (Å²) in [6, 6.07) is 12.5. The highest BCUT2D eigenvalue weighted by Crippen LogP contribution is 2.23. The summed E-state index contributed by atoms with van der Waals surface area (Å²) in [6.45, 7) is 1.25. The molecule has 2 amide bonds. The van der Waals surface area contributed by atoms with Crippen molar-refractivity contribution in [3.05, 3.63) is 64.1 Å². The van der Waals surface area contributed by atoms with Crippen molar-refractivity contribution in [3.8, 4) is 0 Å². The number of benzene rings is 2. The Kier molecular flexibility index (Phi) is 9.44. The van der Waals surface area contributed by atoms with Crippen LogP contribution < -0.4 is 9.62 Å². The number of amides is 2. The molecule has 1 aliphatic carbocycles. The average Bonchev–Trinajstić information content (AvgIpc) is 2.82. The van der Waals surface area contributed by atoms with Crippen molar-refractivity contribution in [2.24, 2.45) is 0 Å². The molecular weight excluding hydrogens is 509 g/mol. The largest absolute Gasteiger partial charge is 0.352 e. The quantitative estimate of drug-likeness (QED) is 0.503. The van der Waals surface area contributed by atoms with E-state index in [1.807, 2.05) is 0 Å². The van der Waals surface area contributed by atoms with Crippen molar-refractivity contribution in [1.29, 1.82) is 0 Å². The normalized spacial score (nSPS) is 15.3. The maximum absolute atomic E-state index is 13.6. The van der Waals surface area contributed by atoms with Crippen LogP contribution in [0.3, 0.4) is 0 Å². The Balaban J connectivity index is 1.87. The molecule has 1 unspecified atom stereocenters. The standard InChI is InChI=1S/C25H31Cl2N3O4S/c1-18(25(32)28-21-9-4-3-5-10-21)29(16-19-8-6-7-11-23(19)27)24(31)17-30(35(2,33)34)22-14-12-20(26)13-15-22/h6-8,11-15,18,21H,3-5,9-10,16-17H2,1-2H3,(H,28,32). The molecule has 0 saturated heterocycles. The van der Waals surface area contributed by atoms with Crippen molar-refractivity contribution in [3.63, 3.8) is 0 Å². The lowest BCUT2D eigenvalue weighted by molar-refractivity contribution is -0.139. The summed E-state index contributed by atoms with van der Waals surface area (Å²) in [6.07, 6.45) is 6.14. The molecule has 1 saturated carbocycles. The number of sulfonamides is 1. The third kappa shape index (κ3) is 7.59. The summed E-state index contributed by atoms with van der Waals surface area (Å²) < 4.78 is 26.2. The Hall–Kier alpha value is -2.29. The van der Waals surface area contributed by atoms with Gasteiger partial charge in [-0.3, -0.25) is 13.9 Å². The van der Waals surface area contributed by atoms with Gasteiger partial charge in [-0.1, -0.05) is 60.7 Å². The predicted molar refractivity (Wildman–Crippen MR) is 140 cm³/mol. The maximum atomic E-state index is 13.6. The van der Waals surface area contributed by atoms with Gasteiger partial charge < -0.3 is 10.2 Å². The second kappa shape index (κ2) is 12.1. The van der Waals surface area contributed by atoms with E-state index >= 15 is 0 Å². The number of anilines is 1. The lowest BCUT2D eigenvalue weighted by Gasteiger charge is -2.33. The molecule has 0 radical (unpaired) electrons. The highest BCUT2D eigenvalue weighted by molar-refractivity contribution is 7.92. The summed E-state index contributed by atoms with van der Waals surface area (Å²) in [5.41, 5.74) is 0.972. The Morgan fingerprint density at radius 2 is 1.66 bits per heavy atom. The molecule has 0 bridgehead atoms. The number of rotatable bonds is 9. The van der Waals surface area contributed by atoms with E-state index in [0.29, 0.717) is 21.3 Å². The molecule has 2 aromatic carbocycles. The fourth-order valence-electron chi connectivity index (χ4n) is 4.18. The molecule has 10 heteroatoms. The second-order valence-electron chi connectivity index (χ2n) is 8.88. The lowest BCUT2D eigenvalue weighted by Crippen LogP contribution is -2.53. The second-order valence-corrected chi connectivity index (χ2v) is 11.6. The van der Waals surface area contributed by atoms with Crippen LogP contribution in [-0.4, -0.2) is 50.0 Å². The highest BCUT2D eigenvalue weighted by Gasteiger charge is 2.31. The number of hydrogen-bond acceptors (Lipinski definition) is 4. The smallest absolute Gasteiger partial charge is 0.244 e. The zero-order valence-corrected chi connectivity index (χ0v) is 22.2. The molecule has 0 spiro atoms. The number of nitrogens with zero attached hydrogens (tertiary/aromatic N) is 2. The molecule has 0 aliphatic heterocycles. The van der Waals surface area contributed by atoms with Crippen LogP contribution in [0.5, 0.6) is 0 Å². The number of carbonyl (C=O) groups is 2. The Morgan fingerprint density at radius 1 is 1.03 bits per heavy atom. The molecule has 1 aliphatic rings. The van der Waals surface area contributed by atoms with Gasteiger partial charge in [0.25, 0.3) is 0 Å². The minimum absolute atomic E-state index is 0.0655. The van der Waals surface area contributed by atoms with Gasteiger partial charge in [0.05, 0.1) is 11.9 Å². The van der Waals surface area contributed by atoms with Crippen LogP contribution in [0.25, 0.3) is 0 Å². The van der Waals surface area contributed by atoms with Crippen molar-refractivity contribution >= 4 is 50.7 Å². The Bertz CT molecular complexity index is 1140. The molecule has 1 N–H and O–H groups in total. The van der Waals surface area contributed by atoms with E-state index in [-0.39, 0.29) is 18.5 Å². The Labute approximate surface area is 217 Å². The van der Waals surface area contributed by atoms with Gasteiger partial charge in [0, 0.05) is 22.6 Å². The summed E-state index contributed by atoms with van der Waals surface area (Å²) in [5.74, 6) is -0.786. The van der Waals surface area contributed by atoms with Gasteiger partial charge in [-0.25, -0.2) is 8.42 Å². The van der Waals surface area contributed by atoms with Crippen LogP contribution in [0.2, 0.25) is 10.0 Å². The predicted octanol–water partition coefficient (Wildman–Crippen LogP) is 4.63. The van der Waals surface area contributed by atoms with E-state index in [9.17, 15) is 18.0 Å². The fourth-order valence-corrected chi connectivity index (χ4v) is 5.35. The zero-order valence-electron chi connectivity index (χ0n) is 19.9. The van der Waals surface area contributed by atoms with E-state index in [1.165, 1.54) is 17.0 Å². The van der Waals surface area contributed by atoms with Gasteiger partial charge in [0.15, 0.2) is 0 Å². The molecule has 35 heavy (non-hydrogen) atoms. The molecule has 0 aromatic heterocycles. The van der Waals surface area contributed by atoms with Crippen LogP contribution in [0.1, 0.15) is 44.6 Å². The first-order valence-electron chi connectivity index (χ1n) is 11.6. The molecule has 1 fully saturated rings. The van der Waals surface area contributed by atoms with Crippen molar-refractivity contribution in [2.75, 3.05) is 17.1 Å². The third-order valence-corrected chi connectivity index (χ3v) is 7.97. The van der Waals surface area contributed by atoms with E-state index in [1.54, 1.807) is 43.3 Å². The van der Waals surface area contributed by atoms with E-state index in [4.69, 9.17) is 23.2 Å². The number of hydrogen-bond donors (Lipinski definition) is 1. The van der Waals surface area contributed by atoms with Crippen LogP contribution in [0.15, 0.2) is 48.5 Å². The number of halogens is 2. The fraction of sp³-hybridized carbons (Fsp3) is 0.440. The van der Waals surface area contributed by atoms with Gasteiger partial charge in [-0.05, 0) is 55.7 Å². The zero-order chi connectivity index (χ0) is 25.6. The summed E-state index contributed by atoms with van der Waals surface area (Å²) in [5, 5.41) is 3.97. The molecule has 7 nitrogen and oxygen atoms in total. The minimum Gasteiger partial charge on any atom is -0.352 e. The monoisotopic (exact) mass is 539 g/mol. The number of carbonyl (C=O) groups excluding carboxylic acids is 2. The minimum atomic E-state index is -3.79. The highest BCUT2D eigenvalue weighted by atomic mass is 35.5. The average molecular weight is 541 g/mol. The van der Waals surface area contributed by atoms with Crippen molar-refractivity contribution in [1.82, 2.24) is 10.2 Å². The maximum Gasteiger partial charge on any atom is 0.244 e. The summed E-state index contributed by atoms with van der Waals surface area (Å²) in [7, 11) is -3.79.